The maximum Gasteiger partial charge on any atom is 0.185 e. The Hall–Kier alpha value is -1.83. The van der Waals surface area contributed by atoms with Gasteiger partial charge in [0.15, 0.2) is 12.0 Å². The highest BCUT2D eigenvalue weighted by atomic mass is 16.3. The summed E-state index contributed by atoms with van der Waals surface area (Å²) in [7, 11) is 0. The van der Waals surface area contributed by atoms with E-state index in [1.165, 1.54) is 0 Å². The average molecular weight is 171 g/mol. The van der Waals surface area contributed by atoms with Crippen molar-refractivity contribution < 1.29 is 9.21 Å². The molecule has 2 aromatic rings. The molecule has 0 atom stereocenters. The first-order chi connectivity index (χ1) is 6.40. The zero-order chi connectivity index (χ0) is 9.10. The Morgan fingerprint density at radius 1 is 1.15 bits per heavy atom. The van der Waals surface area contributed by atoms with Gasteiger partial charge >= 0.3 is 0 Å². The molecule has 0 aliphatic heterocycles. The zero-order valence-corrected chi connectivity index (χ0v) is 6.86. The van der Waals surface area contributed by atoms with Gasteiger partial charge in [0.05, 0.1) is 0 Å². The molecule has 1 heterocycles. The quantitative estimate of drug-likeness (QED) is 0.650. The molecule has 1 aromatic heterocycles. The van der Waals surface area contributed by atoms with Gasteiger partial charge in [-0.05, 0) is 18.2 Å². The van der Waals surface area contributed by atoms with E-state index >= 15 is 0 Å². The van der Waals surface area contributed by atoms with Crippen molar-refractivity contribution in [3.63, 3.8) is 0 Å². The second-order valence-corrected chi connectivity index (χ2v) is 2.61. The molecule has 0 saturated carbocycles. The van der Waals surface area contributed by atoms with Crippen LogP contribution in [0, 0.1) is 6.07 Å². The van der Waals surface area contributed by atoms with Crippen LogP contribution in [0.5, 0.6) is 0 Å². The highest BCUT2D eigenvalue weighted by molar-refractivity contribution is 5.72. The summed E-state index contributed by atoms with van der Waals surface area (Å²) in [6.07, 6.45) is 0.693. The monoisotopic (exact) mass is 171 g/mol. The molecule has 0 fully saturated rings. The number of furan rings is 1. The molecule has 0 amide bonds. The molecule has 1 radical (unpaired) electrons. The van der Waals surface area contributed by atoms with E-state index in [1.807, 2.05) is 12.1 Å². The van der Waals surface area contributed by atoms with E-state index in [9.17, 15) is 4.79 Å². The molecule has 0 unspecified atom stereocenters. The van der Waals surface area contributed by atoms with Crippen molar-refractivity contribution in [2.75, 3.05) is 0 Å². The molecule has 13 heavy (non-hydrogen) atoms. The molecule has 0 spiro atoms. The van der Waals surface area contributed by atoms with E-state index < -0.39 is 0 Å². The lowest BCUT2D eigenvalue weighted by atomic mass is 10.2. The molecule has 0 aliphatic rings. The van der Waals surface area contributed by atoms with Crippen LogP contribution in [-0.2, 0) is 0 Å². The Morgan fingerprint density at radius 3 is 2.54 bits per heavy atom. The third-order valence-electron chi connectivity index (χ3n) is 1.75. The number of carbonyl (C=O) groups is 1. The van der Waals surface area contributed by atoms with Crippen LogP contribution in [0.4, 0.5) is 0 Å². The highest BCUT2D eigenvalue weighted by Crippen LogP contribution is 2.20. The molecule has 1 aromatic carbocycles. The van der Waals surface area contributed by atoms with Crippen molar-refractivity contribution in [1.29, 1.82) is 0 Å². The van der Waals surface area contributed by atoms with Crippen molar-refractivity contribution in [2.45, 2.75) is 0 Å². The summed E-state index contributed by atoms with van der Waals surface area (Å²) in [4.78, 5) is 10.4. The van der Waals surface area contributed by atoms with Gasteiger partial charge in [0.25, 0.3) is 0 Å². The first-order valence-corrected chi connectivity index (χ1v) is 3.91. The number of benzene rings is 1. The average Bonchev–Trinajstić information content (AvgIpc) is 2.67. The van der Waals surface area contributed by atoms with Crippen molar-refractivity contribution >= 4 is 6.29 Å². The maximum absolute atomic E-state index is 10.4. The normalized spacial score (nSPS) is 9.85. The number of carbonyl (C=O) groups excluding carboxylic acids is 1. The molecule has 0 N–H and O–H groups in total. The molecule has 0 saturated heterocycles. The van der Waals surface area contributed by atoms with Crippen LogP contribution in [0.25, 0.3) is 11.3 Å². The Kier molecular flexibility index (Phi) is 1.96. The summed E-state index contributed by atoms with van der Waals surface area (Å²) in [5.74, 6) is 1.05. The van der Waals surface area contributed by atoms with E-state index in [2.05, 4.69) is 6.07 Å². The van der Waals surface area contributed by atoms with Gasteiger partial charge < -0.3 is 4.42 Å². The Balaban J connectivity index is 2.41. The lowest BCUT2D eigenvalue weighted by Gasteiger charge is -1.93. The van der Waals surface area contributed by atoms with Crippen LogP contribution in [-0.4, -0.2) is 6.29 Å². The number of aldehydes is 1. The fraction of sp³-hybridized carbons (Fsp3) is 0. The number of rotatable bonds is 2. The van der Waals surface area contributed by atoms with Crippen LogP contribution in [0.1, 0.15) is 10.6 Å². The summed E-state index contributed by atoms with van der Waals surface area (Å²) in [6, 6.07) is 13.7. The third kappa shape index (κ3) is 1.51. The molecule has 63 valence electrons. The predicted octanol–water partition coefficient (Wildman–Crippen LogP) is 2.56. The predicted molar refractivity (Wildman–Crippen MR) is 48.4 cm³/mol. The van der Waals surface area contributed by atoms with E-state index in [4.69, 9.17) is 4.42 Å². The summed E-state index contributed by atoms with van der Waals surface area (Å²) in [5, 5.41) is 0. The van der Waals surface area contributed by atoms with Gasteiger partial charge in [0.2, 0.25) is 0 Å². The summed E-state index contributed by atoms with van der Waals surface area (Å²) in [6.45, 7) is 0. The smallest absolute Gasteiger partial charge is 0.185 e. The fourth-order valence-corrected chi connectivity index (χ4v) is 1.12. The van der Waals surface area contributed by atoms with Crippen LogP contribution in [0.3, 0.4) is 0 Å². The maximum atomic E-state index is 10.4. The lowest BCUT2D eigenvalue weighted by molar-refractivity contribution is 0.110. The Labute approximate surface area is 75.8 Å². The van der Waals surface area contributed by atoms with E-state index in [1.54, 1.807) is 24.3 Å². The zero-order valence-electron chi connectivity index (χ0n) is 6.86. The first kappa shape index (κ1) is 7.80. The molecule has 0 aliphatic carbocycles. The van der Waals surface area contributed by atoms with Gasteiger partial charge in [-0.25, -0.2) is 0 Å². The van der Waals surface area contributed by atoms with Crippen molar-refractivity contribution in [2.24, 2.45) is 0 Å². The topological polar surface area (TPSA) is 30.2 Å². The molecular weight excluding hydrogens is 164 g/mol. The van der Waals surface area contributed by atoms with Gasteiger partial charge in [-0.2, -0.15) is 0 Å². The second-order valence-electron chi connectivity index (χ2n) is 2.61. The molecular formula is C11H7O2. The van der Waals surface area contributed by atoms with E-state index in [0.29, 0.717) is 17.8 Å². The summed E-state index contributed by atoms with van der Waals surface area (Å²) >= 11 is 0. The van der Waals surface area contributed by atoms with Crippen LogP contribution in [0.2, 0.25) is 0 Å². The van der Waals surface area contributed by atoms with Crippen LogP contribution < -0.4 is 0 Å². The van der Waals surface area contributed by atoms with Crippen molar-refractivity contribution in [3.8, 4) is 11.3 Å². The van der Waals surface area contributed by atoms with Gasteiger partial charge in [0, 0.05) is 5.56 Å². The van der Waals surface area contributed by atoms with E-state index in [-0.39, 0.29) is 0 Å². The minimum Gasteiger partial charge on any atom is -0.453 e. The Bertz CT molecular complexity index is 401. The fourth-order valence-electron chi connectivity index (χ4n) is 1.12. The van der Waals surface area contributed by atoms with Crippen molar-refractivity contribution in [1.82, 2.24) is 0 Å². The third-order valence-corrected chi connectivity index (χ3v) is 1.75. The molecule has 2 rings (SSSR count). The van der Waals surface area contributed by atoms with Gasteiger partial charge in [0.1, 0.15) is 5.76 Å². The van der Waals surface area contributed by atoms with Crippen LogP contribution in [0.15, 0.2) is 40.8 Å². The minimum absolute atomic E-state index is 0.350. The standard InChI is InChI=1S/C11H7O2/c12-8-10-6-7-11(13-10)9-4-2-1-3-5-9/h2-8H. The van der Waals surface area contributed by atoms with Gasteiger partial charge in [-0.3, -0.25) is 4.79 Å². The number of hydrogen-bond acceptors (Lipinski definition) is 2. The number of hydrogen-bond donors (Lipinski definition) is 0. The summed E-state index contributed by atoms with van der Waals surface area (Å²) in [5.41, 5.74) is 0.951. The highest BCUT2D eigenvalue weighted by Gasteiger charge is 2.01. The molecule has 2 heteroatoms. The summed E-state index contributed by atoms with van der Waals surface area (Å²) < 4.78 is 5.24. The molecule has 0 bridgehead atoms. The van der Waals surface area contributed by atoms with Gasteiger partial charge in [-0.15, -0.1) is 0 Å². The first-order valence-electron chi connectivity index (χ1n) is 3.91. The van der Waals surface area contributed by atoms with E-state index in [0.717, 1.165) is 5.56 Å². The SMILES string of the molecule is O=Cc1ccc(-c2cc[c]cc2)o1. The lowest BCUT2D eigenvalue weighted by Crippen LogP contribution is -1.71. The second kappa shape index (κ2) is 3.27. The largest absolute Gasteiger partial charge is 0.453 e. The minimum atomic E-state index is 0.350. The molecule has 2 nitrogen and oxygen atoms in total. The van der Waals surface area contributed by atoms with Crippen LogP contribution >= 0.6 is 0 Å². The van der Waals surface area contributed by atoms with Crippen molar-refractivity contribution in [3.05, 3.63) is 48.2 Å². The Morgan fingerprint density at radius 2 is 1.92 bits per heavy atom. The van der Waals surface area contributed by atoms with Gasteiger partial charge in [-0.1, -0.05) is 24.3 Å².